The molecular weight excluding hydrogens is 352 g/mol. The number of aryl methyl sites for hydroxylation is 1. The van der Waals surface area contributed by atoms with Crippen LogP contribution in [0.2, 0.25) is 0 Å². The van der Waals surface area contributed by atoms with E-state index in [1.54, 1.807) is 43.3 Å². The number of sulfonamides is 1. The van der Waals surface area contributed by atoms with Crippen molar-refractivity contribution in [2.45, 2.75) is 26.3 Å². The van der Waals surface area contributed by atoms with Gasteiger partial charge in [-0.15, -0.1) is 0 Å². The maximum Gasteiger partial charge on any atom is 0.248 e. The Morgan fingerprint density at radius 2 is 1.77 bits per heavy atom. The highest BCUT2D eigenvalue weighted by molar-refractivity contribution is 7.92. The van der Waals surface area contributed by atoms with Crippen LogP contribution in [0.1, 0.15) is 18.9 Å². The monoisotopic (exact) mass is 376 g/mol. The summed E-state index contributed by atoms with van der Waals surface area (Å²) in [6, 6.07) is 13.2. The van der Waals surface area contributed by atoms with Gasteiger partial charge in [-0.1, -0.05) is 36.8 Å². The van der Waals surface area contributed by atoms with E-state index < -0.39 is 22.0 Å². The zero-order valence-electron chi connectivity index (χ0n) is 15.4. The molecule has 0 saturated heterocycles. The number of para-hydroxylation sites is 2. The van der Waals surface area contributed by atoms with Gasteiger partial charge in [0.2, 0.25) is 15.9 Å². The van der Waals surface area contributed by atoms with Crippen LogP contribution < -0.4 is 14.4 Å². The zero-order valence-corrected chi connectivity index (χ0v) is 16.2. The van der Waals surface area contributed by atoms with E-state index in [2.05, 4.69) is 5.32 Å². The molecule has 1 atom stereocenters. The Kier molecular flexibility index (Phi) is 6.26. The van der Waals surface area contributed by atoms with E-state index in [-0.39, 0.29) is 0 Å². The fourth-order valence-electron chi connectivity index (χ4n) is 2.72. The van der Waals surface area contributed by atoms with E-state index in [0.29, 0.717) is 23.5 Å². The summed E-state index contributed by atoms with van der Waals surface area (Å²) in [4.78, 5) is 12.9. The van der Waals surface area contributed by atoms with E-state index in [0.717, 1.165) is 16.1 Å². The molecule has 0 heterocycles. The largest absolute Gasteiger partial charge is 0.495 e. The molecule has 0 aromatic heterocycles. The van der Waals surface area contributed by atoms with Gasteiger partial charge in [-0.3, -0.25) is 9.10 Å². The van der Waals surface area contributed by atoms with Crippen LogP contribution in [0.25, 0.3) is 0 Å². The van der Waals surface area contributed by atoms with Gasteiger partial charge in [0.15, 0.2) is 0 Å². The summed E-state index contributed by atoms with van der Waals surface area (Å²) >= 11 is 0. The number of carbonyl (C=O) groups excluding carboxylic acids is 1. The van der Waals surface area contributed by atoms with Crippen LogP contribution in [0, 0.1) is 6.92 Å². The van der Waals surface area contributed by atoms with Crippen LogP contribution in [0.15, 0.2) is 48.5 Å². The van der Waals surface area contributed by atoms with Crippen molar-refractivity contribution in [1.29, 1.82) is 0 Å². The maximum atomic E-state index is 12.9. The molecule has 0 aliphatic rings. The van der Waals surface area contributed by atoms with E-state index in [1.165, 1.54) is 7.11 Å². The first-order valence-electron chi connectivity index (χ1n) is 8.28. The number of carbonyl (C=O) groups is 1. The first-order valence-corrected chi connectivity index (χ1v) is 10.1. The summed E-state index contributed by atoms with van der Waals surface area (Å²) in [5.41, 5.74) is 1.96. The number of hydrogen-bond donors (Lipinski definition) is 1. The highest BCUT2D eigenvalue weighted by Crippen LogP contribution is 2.26. The molecule has 0 radical (unpaired) electrons. The number of nitrogens with zero attached hydrogens (tertiary/aromatic N) is 1. The molecule has 2 aromatic rings. The molecule has 0 spiro atoms. The second-order valence-electron chi connectivity index (χ2n) is 6.01. The second-order valence-corrected chi connectivity index (χ2v) is 7.87. The molecule has 1 amide bonds. The predicted molar refractivity (Wildman–Crippen MR) is 104 cm³/mol. The van der Waals surface area contributed by atoms with Crippen molar-refractivity contribution in [1.82, 2.24) is 0 Å². The molecule has 2 rings (SSSR count). The first kappa shape index (κ1) is 19.8. The summed E-state index contributed by atoms with van der Waals surface area (Å²) < 4.78 is 31.2. The van der Waals surface area contributed by atoms with Crippen molar-refractivity contribution in [3.63, 3.8) is 0 Å². The molecule has 0 aliphatic carbocycles. The normalized spacial score (nSPS) is 12.3. The van der Waals surface area contributed by atoms with Crippen LogP contribution >= 0.6 is 0 Å². The van der Waals surface area contributed by atoms with Gasteiger partial charge in [0.25, 0.3) is 0 Å². The predicted octanol–water partition coefficient (Wildman–Crippen LogP) is 3.19. The van der Waals surface area contributed by atoms with Crippen molar-refractivity contribution in [2.24, 2.45) is 0 Å². The third-order valence-electron chi connectivity index (χ3n) is 3.98. The highest BCUT2D eigenvalue weighted by Gasteiger charge is 2.31. The lowest BCUT2D eigenvalue weighted by atomic mass is 10.1. The number of hydrogen-bond acceptors (Lipinski definition) is 4. The molecule has 6 nitrogen and oxygen atoms in total. The second kappa shape index (κ2) is 8.23. The van der Waals surface area contributed by atoms with Crippen molar-refractivity contribution in [2.75, 3.05) is 23.0 Å². The van der Waals surface area contributed by atoms with Crippen molar-refractivity contribution in [3.8, 4) is 5.75 Å². The lowest BCUT2D eigenvalue weighted by molar-refractivity contribution is -0.117. The zero-order chi connectivity index (χ0) is 19.3. The average Bonchev–Trinajstić information content (AvgIpc) is 2.60. The van der Waals surface area contributed by atoms with Gasteiger partial charge in [0, 0.05) is 0 Å². The van der Waals surface area contributed by atoms with Gasteiger partial charge in [-0.2, -0.15) is 0 Å². The fourth-order valence-corrected chi connectivity index (χ4v) is 3.93. The molecule has 2 aromatic carbocycles. The molecule has 0 saturated carbocycles. The molecule has 0 unspecified atom stereocenters. The molecule has 7 heteroatoms. The molecule has 1 N–H and O–H groups in total. The maximum absolute atomic E-state index is 12.9. The molecule has 0 aliphatic heterocycles. The summed E-state index contributed by atoms with van der Waals surface area (Å²) in [5, 5.41) is 2.78. The number of nitrogens with one attached hydrogen (secondary N) is 1. The van der Waals surface area contributed by atoms with Crippen molar-refractivity contribution < 1.29 is 17.9 Å². The third-order valence-corrected chi connectivity index (χ3v) is 5.16. The van der Waals surface area contributed by atoms with Gasteiger partial charge < -0.3 is 10.1 Å². The minimum atomic E-state index is -3.65. The Morgan fingerprint density at radius 1 is 1.15 bits per heavy atom. The minimum Gasteiger partial charge on any atom is -0.495 e. The Morgan fingerprint density at radius 3 is 2.31 bits per heavy atom. The van der Waals surface area contributed by atoms with Crippen molar-refractivity contribution in [3.05, 3.63) is 54.1 Å². The topological polar surface area (TPSA) is 75.7 Å². The molecule has 0 fully saturated rings. The van der Waals surface area contributed by atoms with Gasteiger partial charge >= 0.3 is 0 Å². The third kappa shape index (κ3) is 4.54. The minimum absolute atomic E-state index is 0.321. The highest BCUT2D eigenvalue weighted by atomic mass is 32.2. The Hall–Kier alpha value is -2.54. The van der Waals surface area contributed by atoms with Crippen LogP contribution in [0.4, 0.5) is 11.4 Å². The molecule has 26 heavy (non-hydrogen) atoms. The van der Waals surface area contributed by atoms with E-state index in [9.17, 15) is 13.2 Å². The summed E-state index contributed by atoms with van der Waals surface area (Å²) in [5.74, 6) is 0.0972. The van der Waals surface area contributed by atoms with Gasteiger partial charge in [-0.25, -0.2) is 8.42 Å². The van der Waals surface area contributed by atoms with E-state index >= 15 is 0 Å². The first-order chi connectivity index (χ1) is 12.3. The average molecular weight is 376 g/mol. The van der Waals surface area contributed by atoms with E-state index in [4.69, 9.17) is 4.74 Å². The van der Waals surface area contributed by atoms with Crippen LogP contribution in [-0.2, 0) is 14.8 Å². The number of amides is 1. The summed E-state index contributed by atoms with van der Waals surface area (Å²) in [6.45, 7) is 3.69. The Bertz CT molecular complexity index is 863. The number of ether oxygens (including phenoxy) is 1. The smallest absolute Gasteiger partial charge is 0.248 e. The van der Waals surface area contributed by atoms with Gasteiger partial charge in [0.05, 0.1) is 24.7 Å². The summed E-state index contributed by atoms with van der Waals surface area (Å²) in [6.07, 6.45) is 1.42. The van der Waals surface area contributed by atoms with Gasteiger partial charge in [-0.05, 0) is 37.6 Å². The quantitative estimate of drug-likeness (QED) is 0.805. The number of benzene rings is 2. The van der Waals surface area contributed by atoms with Gasteiger partial charge in [0.1, 0.15) is 11.8 Å². The number of anilines is 2. The molecular formula is C19H24N2O4S. The number of methoxy groups -OCH3 is 1. The Labute approximate surface area is 154 Å². The van der Waals surface area contributed by atoms with Crippen LogP contribution in [-0.4, -0.2) is 33.7 Å². The fraction of sp³-hybridized carbons (Fsp3) is 0.316. The Balaban J connectivity index is 2.38. The lowest BCUT2D eigenvalue weighted by Gasteiger charge is -2.30. The van der Waals surface area contributed by atoms with E-state index in [1.807, 2.05) is 19.1 Å². The van der Waals surface area contributed by atoms with Crippen molar-refractivity contribution >= 4 is 27.3 Å². The molecule has 0 bridgehead atoms. The van der Waals surface area contributed by atoms with Crippen LogP contribution in [0.5, 0.6) is 5.75 Å². The SMILES string of the molecule is CC[C@@H](C(=O)Nc1ccccc1OC)N(c1ccc(C)cc1)S(C)(=O)=O. The number of rotatable bonds is 7. The standard InChI is InChI=1S/C19H24N2O4S/c1-5-17(19(22)20-16-8-6-7-9-18(16)25-3)21(26(4,23)24)15-12-10-14(2)11-13-15/h6-13,17H,5H2,1-4H3,(H,20,22)/t17-/m0/s1. The lowest BCUT2D eigenvalue weighted by Crippen LogP contribution is -2.47. The summed E-state index contributed by atoms with van der Waals surface area (Å²) in [7, 11) is -2.14. The molecule has 140 valence electrons. The van der Waals surface area contributed by atoms with Crippen LogP contribution in [0.3, 0.4) is 0 Å².